The summed E-state index contributed by atoms with van der Waals surface area (Å²) in [5.74, 6) is 0. The molecule has 25 heavy (non-hydrogen) atoms. The van der Waals surface area contributed by atoms with Crippen LogP contribution in [-0.2, 0) is 16.1 Å². The molecule has 0 amide bonds. The summed E-state index contributed by atoms with van der Waals surface area (Å²) in [6, 6.07) is 19.2. The van der Waals surface area contributed by atoms with Crippen molar-refractivity contribution in [1.82, 2.24) is 0 Å². The lowest BCUT2D eigenvalue weighted by molar-refractivity contribution is -0.168. The fraction of sp³-hybridized carbons (Fsp3) is 0.364. The van der Waals surface area contributed by atoms with Gasteiger partial charge in [0.1, 0.15) is 8.07 Å². The molecule has 2 nitrogen and oxygen atoms in total. The van der Waals surface area contributed by atoms with Gasteiger partial charge in [-0.15, -0.1) is 0 Å². The minimum absolute atomic E-state index is 0.0357. The highest BCUT2D eigenvalue weighted by Crippen LogP contribution is 2.17. The van der Waals surface area contributed by atoms with E-state index < -0.39 is 8.07 Å². The fourth-order valence-electron chi connectivity index (χ4n) is 3.26. The molecular formula is C22H28O2Si. The maximum atomic E-state index is 6.04. The molecule has 132 valence electrons. The quantitative estimate of drug-likeness (QED) is 0.689. The molecule has 1 unspecified atom stereocenters. The van der Waals surface area contributed by atoms with Crippen LogP contribution in [-0.4, -0.2) is 21.0 Å². The molecule has 0 bridgehead atoms. The molecule has 0 radical (unpaired) electrons. The van der Waals surface area contributed by atoms with Gasteiger partial charge in [0.2, 0.25) is 0 Å². The molecule has 2 aromatic carbocycles. The predicted molar refractivity (Wildman–Crippen MR) is 107 cm³/mol. The van der Waals surface area contributed by atoms with Gasteiger partial charge in [0.15, 0.2) is 6.29 Å². The highest BCUT2D eigenvalue weighted by Gasteiger charge is 2.23. The molecule has 2 aromatic rings. The van der Waals surface area contributed by atoms with Crippen LogP contribution in [0.25, 0.3) is 6.08 Å². The van der Waals surface area contributed by atoms with Crippen LogP contribution >= 0.6 is 0 Å². The third-order valence-electron chi connectivity index (χ3n) is 4.77. The van der Waals surface area contributed by atoms with Gasteiger partial charge >= 0.3 is 0 Å². The summed E-state index contributed by atoms with van der Waals surface area (Å²) in [6.45, 7) is 6.24. The number of benzene rings is 2. The Morgan fingerprint density at radius 2 is 1.80 bits per heavy atom. The van der Waals surface area contributed by atoms with E-state index in [4.69, 9.17) is 9.47 Å². The monoisotopic (exact) mass is 352 g/mol. The Hall–Kier alpha value is -1.68. The Morgan fingerprint density at radius 1 is 1.04 bits per heavy atom. The van der Waals surface area contributed by atoms with E-state index in [1.807, 2.05) is 0 Å². The summed E-state index contributed by atoms with van der Waals surface area (Å²) < 4.78 is 11.7. The van der Waals surface area contributed by atoms with E-state index in [9.17, 15) is 0 Å². The van der Waals surface area contributed by atoms with Crippen molar-refractivity contribution in [3.63, 3.8) is 0 Å². The number of ether oxygens (including phenoxy) is 2. The molecule has 1 aliphatic heterocycles. The Labute approximate surface area is 152 Å². The molecule has 1 heterocycles. The minimum Gasteiger partial charge on any atom is -0.353 e. The van der Waals surface area contributed by atoms with E-state index in [1.165, 1.54) is 22.7 Å². The van der Waals surface area contributed by atoms with E-state index >= 15 is 0 Å². The zero-order chi connectivity index (χ0) is 17.5. The topological polar surface area (TPSA) is 18.5 Å². The van der Waals surface area contributed by atoms with Crippen molar-refractivity contribution in [3.05, 3.63) is 71.4 Å². The Morgan fingerprint density at radius 3 is 2.56 bits per heavy atom. The largest absolute Gasteiger partial charge is 0.353 e. The van der Waals surface area contributed by atoms with Gasteiger partial charge in [-0.05, 0) is 35.6 Å². The van der Waals surface area contributed by atoms with Gasteiger partial charge in [-0.2, -0.15) is 0 Å². The van der Waals surface area contributed by atoms with Gasteiger partial charge in [-0.1, -0.05) is 79.5 Å². The fourth-order valence-corrected chi connectivity index (χ4v) is 5.56. The van der Waals surface area contributed by atoms with Crippen molar-refractivity contribution in [2.45, 2.75) is 45.3 Å². The molecule has 3 rings (SSSR count). The van der Waals surface area contributed by atoms with Gasteiger partial charge in [-0.25, -0.2) is 0 Å². The normalized spacial score (nSPS) is 18.6. The lowest BCUT2D eigenvalue weighted by atomic mass is 10.2. The second kappa shape index (κ2) is 8.61. The molecular weight excluding hydrogens is 324 g/mol. The van der Waals surface area contributed by atoms with E-state index in [1.54, 1.807) is 0 Å². The molecule has 1 saturated heterocycles. The summed E-state index contributed by atoms with van der Waals surface area (Å²) in [4.78, 5) is 0. The molecule has 0 saturated carbocycles. The van der Waals surface area contributed by atoms with Crippen LogP contribution in [0, 0.1) is 0 Å². The van der Waals surface area contributed by atoms with Crippen molar-refractivity contribution >= 4 is 19.3 Å². The molecule has 1 atom stereocenters. The van der Waals surface area contributed by atoms with Crippen molar-refractivity contribution < 1.29 is 9.47 Å². The summed E-state index contributed by atoms with van der Waals surface area (Å²) in [5.41, 5.74) is 4.97. The standard InChI is InChI=1S/C22H28O2Si/c1-25(2,17-15-19-10-4-3-5-11-19)21-13-7-6-12-20(21)18-24-22-14-8-9-16-23-22/h3-7,10-13,15,17,22H,8-9,14,16,18H2,1-2H3/b17-15+. The molecule has 3 heteroatoms. The maximum absolute atomic E-state index is 6.04. The smallest absolute Gasteiger partial charge is 0.158 e. The van der Waals surface area contributed by atoms with E-state index in [-0.39, 0.29) is 6.29 Å². The molecule has 0 N–H and O–H groups in total. The zero-order valence-corrected chi connectivity index (χ0v) is 16.3. The average molecular weight is 353 g/mol. The second-order valence-electron chi connectivity index (χ2n) is 7.23. The summed E-state index contributed by atoms with van der Waals surface area (Å²) in [5, 5.41) is 1.44. The third-order valence-corrected chi connectivity index (χ3v) is 7.64. The average Bonchev–Trinajstić information content (AvgIpc) is 2.67. The van der Waals surface area contributed by atoms with Gasteiger partial charge in [-0.3, -0.25) is 0 Å². The first-order valence-corrected chi connectivity index (χ1v) is 12.3. The van der Waals surface area contributed by atoms with Crippen molar-refractivity contribution in [3.8, 4) is 0 Å². The third kappa shape index (κ3) is 5.14. The Bertz CT molecular complexity index is 688. The summed E-state index contributed by atoms with van der Waals surface area (Å²) >= 11 is 0. The highest BCUT2D eigenvalue weighted by atomic mass is 28.3. The zero-order valence-electron chi connectivity index (χ0n) is 15.3. The minimum atomic E-state index is -1.69. The highest BCUT2D eigenvalue weighted by molar-refractivity contribution is 6.94. The predicted octanol–water partition coefficient (Wildman–Crippen LogP) is 4.90. The van der Waals surface area contributed by atoms with Gasteiger partial charge in [0, 0.05) is 6.61 Å². The first-order valence-electron chi connectivity index (χ1n) is 9.21. The SMILES string of the molecule is C[Si](C)(/C=C/c1ccccc1)c1ccccc1COC1CCCCO1. The summed E-state index contributed by atoms with van der Waals surface area (Å²) in [7, 11) is -1.69. The molecule has 0 aromatic heterocycles. The lowest BCUT2D eigenvalue weighted by Gasteiger charge is -2.26. The first-order chi connectivity index (χ1) is 12.1. The second-order valence-corrected chi connectivity index (χ2v) is 11.5. The van der Waals surface area contributed by atoms with Crippen molar-refractivity contribution in [2.75, 3.05) is 6.61 Å². The lowest BCUT2D eigenvalue weighted by Crippen LogP contribution is -2.42. The van der Waals surface area contributed by atoms with Crippen molar-refractivity contribution in [2.24, 2.45) is 0 Å². The Balaban J connectivity index is 1.73. The number of hydrogen-bond donors (Lipinski definition) is 0. The van der Waals surface area contributed by atoms with Gasteiger partial charge in [0.05, 0.1) is 6.61 Å². The number of hydrogen-bond acceptors (Lipinski definition) is 2. The Kier molecular flexibility index (Phi) is 6.24. The van der Waals surface area contributed by atoms with Crippen LogP contribution in [0.15, 0.2) is 60.3 Å². The van der Waals surface area contributed by atoms with Crippen LogP contribution in [0.2, 0.25) is 13.1 Å². The van der Waals surface area contributed by atoms with Crippen LogP contribution < -0.4 is 5.19 Å². The van der Waals surface area contributed by atoms with Crippen LogP contribution in [0.5, 0.6) is 0 Å². The molecule has 0 spiro atoms. The summed E-state index contributed by atoms with van der Waals surface area (Å²) in [6.07, 6.45) is 5.59. The first kappa shape index (κ1) is 18.1. The van der Waals surface area contributed by atoms with Gasteiger partial charge < -0.3 is 9.47 Å². The van der Waals surface area contributed by atoms with E-state index in [0.29, 0.717) is 6.61 Å². The molecule has 0 aliphatic carbocycles. The maximum Gasteiger partial charge on any atom is 0.158 e. The van der Waals surface area contributed by atoms with Crippen molar-refractivity contribution in [1.29, 1.82) is 0 Å². The number of rotatable bonds is 6. The van der Waals surface area contributed by atoms with E-state index in [2.05, 4.69) is 79.5 Å². The van der Waals surface area contributed by atoms with E-state index in [0.717, 1.165) is 19.4 Å². The van der Waals surface area contributed by atoms with Crippen LogP contribution in [0.4, 0.5) is 0 Å². The van der Waals surface area contributed by atoms with Crippen LogP contribution in [0.1, 0.15) is 30.4 Å². The molecule has 1 fully saturated rings. The van der Waals surface area contributed by atoms with Gasteiger partial charge in [0.25, 0.3) is 0 Å². The van der Waals surface area contributed by atoms with Crippen LogP contribution in [0.3, 0.4) is 0 Å². The molecule has 1 aliphatic rings.